The van der Waals surface area contributed by atoms with E-state index in [1.54, 1.807) is 7.11 Å². The number of nitrogens with zero attached hydrogens (tertiary/aromatic N) is 2. The molecule has 6 heteroatoms. The van der Waals surface area contributed by atoms with Gasteiger partial charge >= 0.3 is 0 Å². The van der Waals surface area contributed by atoms with Crippen molar-refractivity contribution in [1.29, 1.82) is 0 Å². The highest BCUT2D eigenvalue weighted by atomic mass is 79.9. The van der Waals surface area contributed by atoms with Crippen LogP contribution in [0.3, 0.4) is 0 Å². The Morgan fingerprint density at radius 2 is 2.33 bits per heavy atom. The van der Waals surface area contributed by atoms with Gasteiger partial charge in [-0.25, -0.2) is 9.97 Å². The van der Waals surface area contributed by atoms with E-state index < -0.39 is 0 Å². The summed E-state index contributed by atoms with van der Waals surface area (Å²) in [7, 11) is 1.67. The molecule has 1 rings (SSSR count). The highest BCUT2D eigenvalue weighted by Gasteiger charge is 2.11. The molecule has 4 nitrogen and oxygen atoms in total. The standard InChI is InChI=1S/C9H13BrClN3O/c1-3-6(4-15-2)14-9-7(10)8(11)12-5-13-9/h5-6H,3-4H2,1-2H3,(H,12,13,14). The second-order valence-corrected chi connectivity index (χ2v) is 4.18. The summed E-state index contributed by atoms with van der Waals surface area (Å²) in [5, 5.41) is 3.63. The molecule has 84 valence electrons. The lowest BCUT2D eigenvalue weighted by atomic mass is 10.2. The number of nitrogens with one attached hydrogen (secondary N) is 1. The van der Waals surface area contributed by atoms with E-state index in [9.17, 15) is 0 Å². The summed E-state index contributed by atoms with van der Waals surface area (Å²) < 4.78 is 5.76. The number of rotatable bonds is 5. The highest BCUT2D eigenvalue weighted by Crippen LogP contribution is 2.26. The van der Waals surface area contributed by atoms with Gasteiger partial charge in [-0.3, -0.25) is 0 Å². The van der Waals surface area contributed by atoms with Gasteiger partial charge in [-0.15, -0.1) is 0 Å². The monoisotopic (exact) mass is 293 g/mol. The Balaban J connectivity index is 2.74. The average Bonchev–Trinajstić information content (AvgIpc) is 2.24. The van der Waals surface area contributed by atoms with Crippen molar-refractivity contribution in [3.05, 3.63) is 16.0 Å². The topological polar surface area (TPSA) is 47.0 Å². The normalized spacial score (nSPS) is 12.5. The first-order chi connectivity index (χ1) is 7.19. The molecule has 0 aliphatic carbocycles. The van der Waals surface area contributed by atoms with E-state index in [0.29, 0.717) is 22.1 Å². The molecule has 1 atom stereocenters. The van der Waals surface area contributed by atoms with Crippen molar-refractivity contribution in [1.82, 2.24) is 9.97 Å². The summed E-state index contributed by atoms with van der Waals surface area (Å²) in [6.45, 7) is 2.71. The van der Waals surface area contributed by atoms with Crippen LogP contribution < -0.4 is 5.32 Å². The molecule has 0 spiro atoms. The van der Waals surface area contributed by atoms with Gasteiger partial charge in [-0.2, -0.15) is 0 Å². The zero-order valence-corrected chi connectivity index (χ0v) is 11.0. The van der Waals surface area contributed by atoms with Gasteiger partial charge in [0.25, 0.3) is 0 Å². The van der Waals surface area contributed by atoms with Crippen molar-refractivity contribution in [3.63, 3.8) is 0 Å². The average molecular weight is 295 g/mol. The molecule has 0 bridgehead atoms. The summed E-state index contributed by atoms with van der Waals surface area (Å²) in [4.78, 5) is 7.95. The molecule has 0 aliphatic heterocycles. The Morgan fingerprint density at radius 1 is 1.60 bits per heavy atom. The van der Waals surface area contributed by atoms with Crippen molar-refractivity contribution < 1.29 is 4.74 Å². The molecular weight excluding hydrogens is 281 g/mol. The van der Waals surface area contributed by atoms with Crippen LogP contribution in [0.1, 0.15) is 13.3 Å². The largest absolute Gasteiger partial charge is 0.383 e. The molecule has 1 N–H and O–H groups in total. The molecule has 0 amide bonds. The lowest BCUT2D eigenvalue weighted by Crippen LogP contribution is -2.24. The van der Waals surface area contributed by atoms with E-state index in [1.165, 1.54) is 6.33 Å². The van der Waals surface area contributed by atoms with Gasteiger partial charge in [0.15, 0.2) is 0 Å². The second-order valence-electron chi connectivity index (χ2n) is 3.03. The van der Waals surface area contributed by atoms with Gasteiger partial charge in [0.2, 0.25) is 0 Å². The SMILES string of the molecule is CCC(COC)Nc1ncnc(Cl)c1Br. The van der Waals surface area contributed by atoms with Crippen LogP contribution in [0, 0.1) is 0 Å². The number of hydrogen-bond donors (Lipinski definition) is 1. The molecular formula is C9H13BrClN3O. The third-order valence-electron chi connectivity index (χ3n) is 1.95. The zero-order valence-electron chi connectivity index (χ0n) is 8.63. The van der Waals surface area contributed by atoms with Gasteiger partial charge in [-0.1, -0.05) is 18.5 Å². The number of anilines is 1. The number of methoxy groups -OCH3 is 1. The minimum absolute atomic E-state index is 0.220. The number of ether oxygens (including phenoxy) is 1. The van der Waals surface area contributed by atoms with Crippen LogP contribution in [0.4, 0.5) is 5.82 Å². The molecule has 1 aromatic rings. The van der Waals surface area contributed by atoms with Crippen molar-refractivity contribution in [2.75, 3.05) is 19.0 Å². The Hall–Kier alpha value is -0.390. The zero-order chi connectivity index (χ0) is 11.3. The molecule has 1 heterocycles. The van der Waals surface area contributed by atoms with Gasteiger partial charge in [-0.05, 0) is 22.4 Å². The van der Waals surface area contributed by atoms with Crippen LogP contribution in [0.2, 0.25) is 5.15 Å². The summed E-state index contributed by atoms with van der Waals surface area (Å²) >= 11 is 9.18. The van der Waals surface area contributed by atoms with Gasteiger partial charge < -0.3 is 10.1 Å². The van der Waals surface area contributed by atoms with Crippen molar-refractivity contribution in [2.24, 2.45) is 0 Å². The first-order valence-electron chi connectivity index (χ1n) is 4.60. The van der Waals surface area contributed by atoms with Gasteiger partial charge in [0.1, 0.15) is 17.3 Å². The van der Waals surface area contributed by atoms with Crippen LogP contribution in [0.15, 0.2) is 10.8 Å². The summed E-state index contributed by atoms with van der Waals surface area (Å²) in [5.74, 6) is 0.693. The maximum atomic E-state index is 5.85. The maximum absolute atomic E-state index is 5.85. The van der Waals surface area contributed by atoms with Crippen LogP contribution in [0.5, 0.6) is 0 Å². The highest BCUT2D eigenvalue weighted by molar-refractivity contribution is 9.10. The minimum atomic E-state index is 0.220. The van der Waals surface area contributed by atoms with Crippen LogP contribution >= 0.6 is 27.5 Å². The third kappa shape index (κ3) is 3.59. The fourth-order valence-corrected chi connectivity index (χ4v) is 1.56. The minimum Gasteiger partial charge on any atom is -0.383 e. The Labute approximate surface area is 103 Å². The molecule has 0 fully saturated rings. The fraction of sp³-hybridized carbons (Fsp3) is 0.556. The maximum Gasteiger partial charge on any atom is 0.148 e. The lowest BCUT2D eigenvalue weighted by molar-refractivity contribution is 0.184. The first-order valence-corrected chi connectivity index (χ1v) is 5.77. The molecule has 0 saturated heterocycles. The Kier molecular flexibility index (Phi) is 5.28. The molecule has 0 aliphatic rings. The number of halogens is 2. The molecule has 0 aromatic carbocycles. The molecule has 15 heavy (non-hydrogen) atoms. The van der Waals surface area contributed by atoms with Crippen LogP contribution in [-0.2, 0) is 4.74 Å². The molecule has 0 saturated carbocycles. The predicted molar refractivity (Wildman–Crippen MR) is 64.3 cm³/mol. The predicted octanol–water partition coefficient (Wildman–Crippen LogP) is 2.73. The van der Waals surface area contributed by atoms with Crippen molar-refractivity contribution >= 4 is 33.3 Å². The number of aromatic nitrogens is 2. The molecule has 1 unspecified atom stereocenters. The van der Waals surface area contributed by atoms with Crippen LogP contribution in [0.25, 0.3) is 0 Å². The van der Waals surface area contributed by atoms with E-state index in [4.69, 9.17) is 16.3 Å². The first kappa shape index (κ1) is 12.7. The van der Waals surface area contributed by atoms with Crippen molar-refractivity contribution in [3.8, 4) is 0 Å². The fourth-order valence-electron chi connectivity index (χ4n) is 1.11. The Morgan fingerprint density at radius 3 is 2.93 bits per heavy atom. The Bertz CT molecular complexity index is 324. The molecule has 1 aromatic heterocycles. The quantitative estimate of drug-likeness (QED) is 0.848. The smallest absolute Gasteiger partial charge is 0.148 e. The van der Waals surface area contributed by atoms with Gasteiger partial charge in [0.05, 0.1) is 17.1 Å². The lowest BCUT2D eigenvalue weighted by Gasteiger charge is -2.17. The van der Waals surface area contributed by atoms with Gasteiger partial charge in [0, 0.05) is 7.11 Å². The van der Waals surface area contributed by atoms with E-state index >= 15 is 0 Å². The third-order valence-corrected chi connectivity index (χ3v) is 3.21. The van der Waals surface area contributed by atoms with Crippen LogP contribution in [-0.4, -0.2) is 29.7 Å². The summed E-state index contributed by atoms with van der Waals surface area (Å²) in [5.41, 5.74) is 0. The van der Waals surface area contributed by atoms with E-state index in [2.05, 4.69) is 38.1 Å². The molecule has 0 radical (unpaired) electrons. The van der Waals surface area contributed by atoms with E-state index in [0.717, 1.165) is 6.42 Å². The van der Waals surface area contributed by atoms with E-state index in [1.807, 2.05) is 0 Å². The summed E-state index contributed by atoms with van der Waals surface area (Å²) in [6, 6.07) is 0.220. The number of hydrogen-bond acceptors (Lipinski definition) is 4. The second kappa shape index (κ2) is 6.25. The van der Waals surface area contributed by atoms with E-state index in [-0.39, 0.29) is 6.04 Å². The van der Waals surface area contributed by atoms with Crippen molar-refractivity contribution in [2.45, 2.75) is 19.4 Å². The summed E-state index contributed by atoms with van der Waals surface area (Å²) in [6.07, 6.45) is 2.37.